The number of benzene rings is 1. The molecular formula is C17H20N4O2. The van der Waals surface area contributed by atoms with E-state index >= 15 is 0 Å². The van der Waals surface area contributed by atoms with Gasteiger partial charge in [-0.2, -0.15) is 0 Å². The van der Waals surface area contributed by atoms with Gasteiger partial charge in [-0.05, 0) is 38.3 Å². The summed E-state index contributed by atoms with van der Waals surface area (Å²) in [6.45, 7) is 4.00. The van der Waals surface area contributed by atoms with Gasteiger partial charge < -0.3 is 10.6 Å². The van der Waals surface area contributed by atoms with Crippen LogP contribution in [0, 0.1) is 13.8 Å². The van der Waals surface area contributed by atoms with Gasteiger partial charge in [0.25, 0.3) is 5.56 Å². The lowest BCUT2D eigenvalue weighted by Gasteiger charge is -2.29. The van der Waals surface area contributed by atoms with Crippen LogP contribution in [0.3, 0.4) is 0 Å². The molecule has 0 radical (unpaired) electrons. The van der Waals surface area contributed by atoms with Gasteiger partial charge in [0.15, 0.2) is 0 Å². The van der Waals surface area contributed by atoms with Gasteiger partial charge in [-0.25, -0.2) is 4.98 Å². The molecule has 2 N–H and O–H groups in total. The third-order valence-corrected chi connectivity index (χ3v) is 4.37. The van der Waals surface area contributed by atoms with Crippen LogP contribution in [0.4, 0.5) is 11.6 Å². The fraction of sp³-hybridized carbons (Fsp3) is 0.353. The third-order valence-electron chi connectivity index (χ3n) is 4.37. The third kappa shape index (κ3) is 2.72. The van der Waals surface area contributed by atoms with Crippen molar-refractivity contribution in [2.45, 2.75) is 33.2 Å². The highest BCUT2D eigenvalue weighted by Crippen LogP contribution is 2.26. The number of rotatable bonds is 2. The summed E-state index contributed by atoms with van der Waals surface area (Å²) in [6, 6.07) is 7.87. The Morgan fingerprint density at radius 2 is 2.04 bits per heavy atom. The molecule has 0 spiro atoms. The number of nitrogen functional groups attached to an aromatic ring is 1. The molecule has 120 valence electrons. The molecule has 0 aliphatic carbocycles. The van der Waals surface area contributed by atoms with Gasteiger partial charge in [0.1, 0.15) is 6.54 Å². The molecule has 0 fully saturated rings. The Balaban J connectivity index is 1.93. The Morgan fingerprint density at radius 1 is 1.30 bits per heavy atom. The molecule has 1 amide bonds. The van der Waals surface area contributed by atoms with E-state index in [2.05, 4.69) is 4.98 Å². The monoisotopic (exact) mass is 312 g/mol. The van der Waals surface area contributed by atoms with Crippen molar-refractivity contribution in [1.82, 2.24) is 9.55 Å². The van der Waals surface area contributed by atoms with Gasteiger partial charge >= 0.3 is 0 Å². The van der Waals surface area contributed by atoms with Crippen LogP contribution in [-0.4, -0.2) is 22.0 Å². The van der Waals surface area contributed by atoms with E-state index in [1.54, 1.807) is 18.7 Å². The predicted molar refractivity (Wildman–Crippen MR) is 89.5 cm³/mol. The van der Waals surface area contributed by atoms with Gasteiger partial charge in [0, 0.05) is 23.5 Å². The van der Waals surface area contributed by atoms with Gasteiger partial charge in [0.05, 0.1) is 0 Å². The second-order valence-electron chi connectivity index (χ2n) is 5.85. The molecule has 0 unspecified atom stereocenters. The molecule has 6 nitrogen and oxygen atoms in total. The van der Waals surface area contributed by atoms with Gasteiger partial charge in [-0.15, -0.1) is 0 Å². The van der Waals surface area contributed by atoms with Crippen molar-refractivity contribution in [3.05, 3.63) is 51.4 Å². The molecular weight excluding hydrogens is 292 g/mol. The number of aryl methyl sites for hydroxylation is 2. The molecule has 0 atom stereocenters. The van der Waals surface area contributed by atoms with Gasteiger partial charge in [-0.3, -0.25) is 14.2 Å². The van der Waals surface area contributed by atoms with E-state index in [1.165, 1.54) is 4.57 Å². The SMILES string of the molecule is Cc1nc(N)n(CC(=O)N2CCCc3ccccc32)c(=O)c1C. The zero-order chi connectivity index (χ0) is 16.6. The standard InChI is InChI=1S/C17H20N4O2/c1-11-12(2)19-17(18)21(16(11)23)10-15(22)20-9-5-7-13-6-3-4-8-14(13)20/h3-4,6,8H,5,7,9-10H2,1-2H3,(H2,18,19). The smallest absolute Gasteiger partial charge is 0.258 e. The minimum Gasteiger partial charge on any atom is -0.369 e. The lowest BCUT2D eigenvalue weighted by molar-refractivity contribution is -0.119. The van der Waals surface area contributed by atoms with E-state index in [9.17, 15) is 9.59 Å². The first-order valence-corrected chi connectivity index (χ1v) is 7.71. The summed E-state index contributed by atoms with van der Waals surface area (Å²) in [5.74, 6) is -0.0623. The molecule has 23 heavy (non-hydrogen) atoms. The number of fused-ring (bicyclic) bond motifs is 1. The first-order valence-electron chi connectivity index (χ1n) is 7.71. The van der Waals surface area contributed by atoms with Crippen LogP contribution >= 0.6 is 0 Å². The van der Waals surface area contributed by atoms with Crippen molar-refractivity contribution in [1.29, 1.82) is 0 Å². The van der Waals surface area contributed by atoms with E-state index in [1.807, 2.05) is 24.3 Å². The van der Waals surface area contributed by atoms with E-state index in [0.717, 1.165) is 24.1 Å². The summed E-state index contributed by atoms with van der Waals surface area (Å²) < 4.78 is 1.25. The Bertz CT molecular complexity index is 826. The summed E-state index contributed by atoms with van der Waals surface area (Å²) in [4.78, 5) is 30.9. The number of para-hydroxylation sites is 1. The molecule has 1 aliphatic heterocycles. The van der Waals surface area contributed by atoms with Crippen LogP contribution in [-0.2, 0) is 17.8 Å². The number of aromatic nitrogens is 2. The van der Waals surface area contributed by atoms with Crippen LogP contribution in [0.2, 0.25) is 0 Å². The number of carbonyl (C=O) groups excluding carboxylic acids is 1. The van der Waals surface area contributed by atoms with E-state index < -0.39 is 0 Å². The van der Waals surface area contributed by atoms with Gasteiger partial charge in [0.2, 0.25) is 11.9 Å². The summed E-state index contributed by atoms with van der Waals surface area (Å²) >= 11 is 0. The Kier molecular flexibility index (Phi) is 3.90. The number of nitrogens with zero attached hydrogens (tertiary/aromatic N) is 3. The summed E-state index contributed by atoms with van der Waals surface area (Å²) in [5, 5.41) is 0. The fourth-order valence-electron chi connectivity index (χ4n) is 2.94. The van der Waals surface area contributed by atoms with Crippen LogP contribution in [0.1, 0.15) is 23.2 Å². The first kappa shape index (κ1) is 15.3. The Hall–Kier alpha value is -2.63. The van der Waals surface area contributed by atoms with E-state index in [-0.39, 0.29) is 24.0 Å². The van der Waals surface area contributed by atoms with Crippen LogP contribution in [0.25, 0.3) is 0 Å². The topological polar surface area (TPSA) is 81.2 Å². The Labute approximate surface area is 134 Å². The number of hydrogen-bond acceptors (Lipinski definition) is 4. The Morgan fingerprint density at radius 3 is 2.83 bits per heavy atom. The van der Waals surface area contributed by atoms with Crippen LogP contribution in [0.5, 0.6) is 0 Å². The number of carbonyl (C=O) groups is 1. The van der Waals surface area contributed by atoms with Crippen molar-refractivity contribution in [2.24, 2.45) is 0 Å². The molecule has 0 saturated carbocycles. The summed E-state index contributed by atoms with van der Waals surface area (Å²) in [7, 11) is 0. The molecule has 1 aliphatic rings. The maximum atomic E-state index is 12.7. The molecule has 2 heterocycles. The molecule has 3 rings (SSSR count). The normalized spacial score (nSPS) is 13.7. The number of nitrogens with two attached hydrogens (primary N) is 1. The van der Waals surface area contributed by atoms with Crippen molar-refractivity contribution < 1.29 is 4.79 Å². The summed E-state index contributed by atoms with van der Waals surface area (Å²) in [6.07, 6.45) is 1.88. The van der Waals surface area contributed by atoms with Crippen molar-refractivity contribution >= 4 is 17.5 Å². The maximum absolute atomic E-state index is 12.7. The average Bonchev–Trinajstić information content (AvgIpc) is 2.56. The molecule has 1 aromatic heterocycles. The van der Waals surface area contributed by atoms with Crippen molar-refractivity contribution in [3.63, 3.8) is 0 Å². The largest absolute Gasteiger partial charge is 0.369 e. The minimum absolute atomic E-state index is 0.0803. The molecule has 6 heteroatoms. The predicted octanol–water partition coefficient (Wildman–Crippen LogP) is 1.42. The number of amides is 1. The highest BCUT2D eigenvalue weighted by atomic mass is 16.2. The lowest BCUT2D eigenvalue weighted by Crippen LogP contribution is -2.40. The number of anilines is 2. The van der Waals surface area contributed by atoms with Crippen LogP contribution < -0.4 is 16.2 Å². The zero-order valence-corrected chi connectivity index (χ0v) is 13.4. The molecule has 2 aromatic rings. The first-order chi connectivity index (χ1) is 11.0. The second-order valence-corrected chi connectivity index (χ2v) is 5.85. The van der Waals surface area contributed by atoms with E-state index in [0.29, 0.717) is 17.8 Å². The molecule has 0 saturated heterocycles. The highest BCUT2D eigenvalue weighted by Gasteiger charge is 2.23. The summed E-state index contributed by atoms with van der Waals surface area (Å²) in [5.41, 5.74) is 8.79. The van der Waals surface area contributed by atoms with Gasteiger partial charge in [-0.1, -0.05) is 18.2 Å². The number of hydrogen-bond donors (Lipinski definition) is 1. The quantitative estimate of drug-likeness (QED) is 0.909. The van der Waals surface area contributed by atoms with Crippen molar-refractivity contribution in [3.8, 4) is 0 Å². The lowest BCUT2D eigenvalue weighted by atomic mass is 10.0. The van der Waals surface area contributed by atoms with Crippen molar-refractivity contribution in [2.75, 3.05) is 17.2 Å². The molecule has 1 aromatic carbocycles. The maximum Gasteiger partial charge on any atom is 0.258 e. The highest BCUT2D eigenvalue weighted by molar-refractivity contribution is 5.94. The van der Waals surface area contributed by atoms with Crippen LogP contribution in [0.15, 0.2) is 29.1 Å². The zero-order valence-electron chi connectivity index (χ0n) is 13.4. The molecule has 0 bridgehead atoms. The fourth-order valence-corrected chi connectivity index (χ4v) is 2.94. The second kappa shape index (κ2) is 5.87. The minimum atomic E-state index is -0.256. The van der Waals surface area contributed by atoms with E-state index in [4.69, 9.17) is 5.73 Å². The average molecular weight is 312 g/mol.